The SMILES string of the molecule is CCCC[C@H](NC(=O)OC(C)(C)C)C(=O)NC1CC1. The van der Waals surface area contributed by atoms with Gasteiger partial charge in [-0.1, -0.05) is 19.8 Å². The molecule has 0 bridgehead atoms. The van der Waals surface area contributed by atoms with Gasteiger partial charge in [-0.2, -0.15) is 0 Å². The monoisotopic (exact) mass is 270 g/mol. The lowest BCUT2D eigenvalue weighted by molar-refractivity contribution is -0.123. The Morgan fingerprint density at radius 3 is 2.42 bits per heavy atom. The fourth-order valence-electron chi connectivity index (χ4n) is 1.66. The van der Waals surface area contributed by atoms with E-state index in [0.717, 1.165) is 25.7 Å². The fraction of sp³-hybridized carbons (Fsp3) is 0.857. The Morgan fingerprint density at radius 2 is 1.95 bits per heavy atom. The molecule has 0 radical (unpaired) electrons. The summed E-state index contributed by atoms with van der Waals surface area (Å²) in [7, 11) is 0. The highest BCUT2D eigenvalue weighted by Gasteiger charge is 2.29. The highest BCUT2D eigenvalue weighted by molar-refractivity contribution is 5.86. The average molecular weight is 270 g/mol. The van der Waals surface area contributed by atoms with Gasteiger partial charge in [-0.05, 0) is 40.0 Å². The molecule has 0 saturated heterocycles. The third-order valence-electron chi connectivity index (χ3n) is 2.78. The van der Waals surface area contributed by atoms with Crippen LogP contribution in [0.2, 0.25) is 0 Å². The first-order chi connectivity index (χ1) is 8.81. The number of alkyl carbamates (subject to hydrolysis) is 1. The normalized spacial score (nSPS) is 16.6. The van der Waals surface area contributed by atoms with E-state index in [2.05, 4.69) is 17.6 Å². The number of carbonyl (C=O) groups excluding carboxylic acids is 2. The zero-order valence-electron chi connectivity index (χ0n) is 12.4. The second kappa shape index (κ2) is 6.78. The summed E-state index contributed by atoms with van der Waals surface area (Å²) in [6.07, 6.45) is 4.09. The Kier molecular flexibility index (Phi) is 5.63. The molecule has 1 rings (SSSR count). The van der Waals surface area contributed by atoms with E-state index >= 15 is 0 Å². The van der Waals surface area contributed by atoms with Gasteiger partial charge in [-0.25, -0.2) is 4.79 Å². The number of unbranched alkanes of at least 4 members (excludes halogenated alkanes) is 1. The molecule has 1 aliphatic carbocycles. The van der Waals surface area contributed by atoms with Gasteiger partial charge in [-0.15, -0.1) is 0 Å². The van der Waals surface area contributed by atoms with Crippen LogP contribution >= 0.6 is 0 Å². The molecule has 5 nitrogen and oxygen atoms in total. The zero-order chi connectivity index (χ0) is 14.5. The van der Waals surface area contributed by atoms with E-state index in [0.29, 0.717) is 12.5 Å². The van der Waals surface area contributed by atoms with E-state index in [1.165, 1.54) is 0 Å². The number of rotatable bonds is 6. The number of hydrogen-bond donors (Lipinski definition) is 2. The van der Waals surface area contributed by atoms with Crippen molar-refractivity contribution in [2.75, 3.05) is 0 Å². The smallest absolute Gasteiger partial charge is 0.408 e. The summed E-state index contributed by atoms with van der Waals surface area (Å²) < 4.78 is 5.19. The van der Waals surface area contributed by atoms with Crippen LogP contribution in [-0.2, 0) is 9.53 Å². The van der Waals surface area contributed by atoms with Crippen molar-refractivity contribution in [3.05, 3.63) is 0 Å². The minimum Gasteiger partial charge on any atom is -0.444 e. The van der Waals surface area contributed by atoms with E-state index in [4.69, 9.17) is 4.74 Å². The Bertz CT molecular complexity index is 319. The molecule has 0 aromatic rings. The number of nitrogens with one attached hydrogen (secondary N) is 2. The topological polar surface area (TPSA) is 67.4 Å². The van der Waals surface area contributed by atoms with Crippen LogP contribution in [0.25, 0.3) is 0 Å². The fourth-order valence-corrected chi connectivity index (χ4v) is 1.66. The average Bonchev–Trinajstić information content (AvgIpc) is 3.05. The molecule has 0 heterocycles. The maximum atomic E-state index is 12.0. The second-order valence-electron chi connectivity index (χ2n) is 6.12. The molecule has 0 unspecified atom stereocenters. The van der Waals surface area contributed by atoms with Crippen molar-refractivity contribution in [2.24, 2.45) is 0 Å². The van der Waals surface area contributed by atoms with E-state index in [1.807, 2.05) is 0 Å². The van der Waals surface area contributed by atoms with Crippen LogP contribution in [0, 0.1) is 0 Å². The highest BCUT2D eigenvalue weighted by atomic mass is 16.6. The van der Waals surface area contributed by atoms with E-state index in [1.54, 1.807) is 20.8 Å². The predicted molar refractivity (Wildman–Crippen MR) is 73.8 cm³/mol. The van der Waals surface area contributed by atoms with Crippen molar-refractivity contribution in [1.29, 1.82) is 0 Å². The minimum absolute atomic E-state index is 0.0955. The molecular weight excluding hydrogens is 244 g/mol. The molecule has 1 saturated carbocycles. The third kappa shape index (κ3) is 7.03. The van der Waals surface area contributed by atoms with E-state index in [-0.39, 0.29) is 5.91 Å². The van der Waals surface area contributed by atoms with Crippen LogP contribution in [-0.4, -0.2) is 29.7 Å². The molecule has 5 heteroatoms. The van der Waals surface area contributed by atoms with Gasteiger partial charge >= 0.3 is 6.09 Å². The predicted octanol–water partition coefficient (Wildman–Crippen LogP) is 2.35. The Balaban J connectivity index is 2.47. The molecule has 1 fully saturated rings. The quantitative estimate of drug-likeness (QED) is 0.778. The van der Waals surface area contributed by atoms with Gasteiger partial charge in [0.1, 0.15) is 11.6 Å². The van der Waals surface area contributed by atoms with Gasteiger partial charge in [-0.3, -0.25) is 4.79 Å². The van der Waals surface area contributed by atoms with Gasteiger partial charge in [0, 0.05) is 6.04 Å². The largest absolute Gasteiger partial charge is 0.444 e. The van der Waals surface area contributed by atoms with Crippen molar-refractivity contribution in [2.45, 2.75) is 77.5 Å². The van der Waals surface area contributed by atoms with Crippen LogP contribution in [0.5, 0.6) is 0 Å². The molecule has 2 N–H and O–H groups in total. The van der Waals surface area contributed by atoms with Crippen LogP contribution in [0.3, 0.4) is 0 Å². The first-order valence-corrected chi connectivity index (χ1v) is 7.11. The Morgan fingerprint density at radius 1 is 1.32 bits per heavy atom. The molecule has 2 amide bonds. The lowest BCUT2D eigenvalue weighted by Crippen LogP contribution is -2.48. The molecule has 0 aromatic heterocycles. The van der Waals surface area contributed by atoms with Gasteiger partial charge in [0.25, 0.3) is 0 Å². The van der Waals surface area contributed by atoms with Crippen LogP contribution < -0.4 is 10.6 Å². The molecule has 0 spiro atoms. The van der Waals surface area contributed by atoms with Crippen molar-refractivity contribution >= 4 is 12.0 Å². The maximum absolute atomic E-state index is 12.0. The number of amides is 2. The third-order valence-corrected chi connectivity index (χ3v) is 2.78. The molecular formula is C14H26N2O3. The summed E-state index contributed by atoms with van der Waals surface area (Å²) in [4.78, 5) is 23.7. The van der Waals surface area contributed by atoms with Crippen LogP contribution in [0.1, 0.15) is 59.8 Å². The molecule has 0 aliphatic heterocycles. The van der Waals surface area contributed by atoms with Gasteiger partial charge in [0.2, 0.25) is 5.91 Å². The van der Waals surface area contributed by atoms with Crippen molar-refractivity contribution in [3.63, 3.8) is 0 Å². The highest BCUT2D eigenvalue weighted by Crippen LogP contribution is 2.19. The van der Waals surface area contributed by atoms with Crippen molar-refractivity contribution < 1.29 is 14.3 Å². The molecule has 0 aromatic carbocycles. The summed E-state index contributed by atoms with van der Waals surface area (Å²) in [5.41, 5.74) is -0.549. The number of ether oxygens (including phenoxy) is 1. The first kappa shape index (κ1) is 15.8. The van der Waals surface area contributed by atoms with E-state index < -0.39 is 17.7 Å². The molecule has 19 heavy (non-hydrogen) atoms. The second-order valence-corrected chi connectivity index (χ2v) is 6.12. The van der Waals surface area contributed by atoms with Crippen molar-refractivity contribution in [3.8, 4) is 0 Å². The summed E-state index contributed by atoms with van der Waals surface area (Å²) >= 11 is 0. The number of hydrogen-bond acceptors (Lipinski definition) is 3. The van der Waals surface area contributed by atoms with E-state index in [9.17, 15) is 9.59 Å². The molecule has 1 aliphatic rings. The lowest BCUT2D eigenvalue weighted by Gasteiger charge is -2.23. The molecule has 110 valence electrons. The molecule has 1 atom stereocenters. The van der Waals surface area contributed by atoms with Crippen LogP contribution in [0.15, 0.2) is 0 Å². The van der Waals surface area contributed by atoms with Crippen LogP contribution in [0.4, 0.5) is 4.79 Å². The van der Waals surface area contributed by atoms with Crippen molar-refractivity contribution in [1.82, 2.24) is 10.6 Å². The Hall–Kier alpha value is -1.26. The maximum Gasteiger partial charge on any atom is 0.408 e. The number of carbonyl (C=O) groups is 2. The Labute approximate surface area is 115 Å². The lowest BCUT2D eigenvalue weighted by atomic mass is 10.1. The summed E-state index contributed by atoms with van der Waals surface area (Å²) in [5, 5.41) is 5.59. The summed E-state index contributed by atoms with van der Waals surface area (Å²) in [6, 6.07) is -0.188. The standard InChI is InChI=1S/C14H26N2O3/c1-5-6-7-11(12(17)15-10-8-9-10)16-13(18)19-14(2,3)4/h10-11H,5-9H2,1-4H3,(H,15,17)(H,16,18)/t11-/m0/s1. The summed E-state index contributed by atoms with van der Waals surface area (Å²) in [5.74, 6) is -0.0955. The minimum atomic E-state index is -0.549. The zero-order valence-corrected chi connectivity index (χ0v) is 12.4. The first-order valence-electron chi connectivity index (χ1n) is 7.11. The van der Waals surface area contributed by atoms with Gasteiger partial charge in [0.05, 0.1) is 0 Å². The van der Waals surface area contributed by atoms with Gasteiger partial charge in [0.15, 0.2) is 0 Å². The summed E-state index contributed by atoms with van der Waals surface area (Å²) in [6.45, 7) is 7.47. The van der Waals surface area contributed by atoms with Gasteiger partial charge < -0.3 is 15.4 Å².